The Hall–Kier alpha value is -3.17. The van der Waals surface area contributed by atoms with Gasteiger partial charge in [-0.25, -0.2) is 4.98 Å². The predicted octanol–water partition coefficient (Wildman–Crippen LogP) is 3.84. The second-order valence-electron chi connectivity index (χ2n) is 6.15. The summed E-state index contributed by atoms with van der Waals surface area (Å²) in [5.74, 6) is -1.40. The summed E-state index contributed by atoms with van der Waals surface area (Å²) >= 11 is 0. The van der Waals surface area contributed by atoms with Gasteiger partial charge in [0.2, 0.25) is 11.8 Å². The van der Waals surface area contributed by atoms with Crippen molar-refractivity contribution in [2.75, 3.05) is 5.32 Å². The second-order valence-corrected chi connectivity index (χ2v) is 6.15. The number of hydrogen-bond donors (Lipinski definition) is 1. The van der Waals surface area contributed by atoms with Crippen LogP contribution in [0.3, 0.4) is 0 Å². The van der Waals surface area contributed by atoms with Crippen LogP contribution >= 0.6 is 0 Å². The number of carbonyl (C=O) groups excluding carboxylic acids is 1. The first kappa shape index (κ1) is 18.6. The zero-order chi connectivity index (χ0) is 19.8. The van der Waals surface area contributed by atoms with Gasteiger partial charge in [-0.2, -0.15) is 22.7 Å². The van der Waals surface area contributed by atoms with Gasteiger partial charge in [0.1, 0.15) is 5.75 Å². The molecule has 1 amide bonds. The SMILES string of the molecule is Cc1cc(Oc2ccc(NC(=O)C(C)C)cc2)n2nc(C(F)(F)F)nc2n1. The van der Waals surface area contributed by atoms with Gasteiger partial charge >= 0.3 is 6.18 Å². The molecule has 2 aromatic heterocycles. The number of alkyl halides is 3. The Balaban J connectivity index is 1.88. The van der Waals surface area contributed by atoms with Gasteiger partial charge in [0.15, 0.2) is 0 Å². The molecule has 0 unspecified atom stereocenters. The van der Waals surface area contributed by atoms with E-state index in [1.165, 1.54) is 6.07 Å². The number of anilines is 1. The average molecular weight is 379 g/mol. The van der Waals surface area contributed by atoms with Crippen LogP contribution in [0.15, 0.2) is 30.3 Å². The quantitative estimate of drug-likeness (QED) is 0.745. The molecule has 142 valence electrons. The van der Waals surface area contributed by atoms with Crippen molar-refractivity contribution >= 4 is 17.4 Å². The lowest BCUT2D eigenvalue weighted by Gasteiger charge is -2.10. The first-order valence-corrected chi connectivity index (χ1v) is 8.04. The molecule has 0 aliphatic rings. The van der Waals surface area contributed by atoms with Crippen LogP contribution in [0, 0.1) is 12.8 Å². The normalized spacial score (nSPS) is 11.8. The summed E-state index contributed by atoms with van der Waals surface area (Å²) in [7, 11) is 0. The Morgan fingerprint density at radius 1 is 1.19 bits per heavy atom. The number of nitrogens with one attached hydrogen (secondary N) is 1. The average Bonchev–Trinajstić information content (AvgIpc) is 3.01. The summed E-state index contributed by atoms with van der Waals surface area (Å²) in [5.41, 5.74) is 1.01. The largest absolute Gasteiger partial charge is 0.453 e. The zero-order valence-electron chi connectivity index (χ0n) is 14.7. The number of benzene rings is 1. The molecule has 3 rings (SSSR count). The fraction of sp³-hybridized carbons (Fsp3) is 0.294. The first-order valence-electron chi connectivity index (χ1n) is 8.04. The summed E-state index contributed by atoms with van der Waals surface area (Å²) in [6.45, 7) is 5.16. The van der Waals surface area contributed by atoms with E-state index in [0.717, 1.165) is 4.52 Å². The monoisotopic (exact) mass is 379 g/mol. The van der Waals surface area contributed by atoms with Crippen LogP contribution in [0.2, 0.25) is 0 Å². The van der Waals surface area contributed by atoms with Crippen molar-refractivity contribution in [3.63, 3.8) is 0 Å². The number of nitrogens with zero attached hydrogens (tertiary/aromatic N) is 4. The third-order valence-electron chi connectivity index (χ3n) is 3.53. The van der Waals surface area contributed by atoms with Gasteiger partial charge in [0.25, 0.3) is 11.6 Å². The van der Waals surface area contributed by atoms with Gasteiger partial charge < -0.3 is 10.1 Å². The Labute approximate surface area is 152 Å². The molecule has 1 N–H and O–H groups in total. The van der Waals surface area contributed by atoms with Gasteiger partial charge in [-0.3, -0.25) is 4.79 Å². The molecule has 0 atom stereocenters. The molecule has 0 aliphatic heterocycles. The van der Waals surface area contributed by atoms with E-state index in [2.05, 4.69) is 20.4 Å². The number of ether oxygens (including phenoxy) is 1. The number of rotatable bonds is 4. The maximum absolute atomic E-state index is 12.8. The first-order chi connectivity index (χ1) is 12.6. The van der Waals surface area contributed by atoms with Crippen molar-refractivity contribution in [2.24, 2.45) is 5.92 Å². The van der Waals surface area contributed by atoms with Gasteiger partial charge in [0, 0.05) is 23.4 Å². The minimum atomic E-state index is -4.69. The highest BCUT2D eigenvalue weighted by atomic mass is 19.4. The fourth-order valence-corrected chi connectivity index (χ4v) is 2.16. The molecular weight excluding hydrogens is 363 g/mol. The lowest BCUT2D eigenvalue weighted by Crippen LogP contribution is -2.17. The maximum Gasteiger partial charge on any atom is 0.453 e. The molecule has 2 heterocycles. The van der Waals surface area contributed by atoms with E-state index in [9.17, 15) is 18.0 Å². The van der Waals surface area contributed by atoms with E-state index in [-0.39, 0.29) is 23.5 Å². The second kappa shape index (κ2) is 6.86. The molecule has 0 fully saturated rings. The van der Waals surface area contributed by atoms with Crippen LogP contribution in [0.1, 0.15) is 25.4 Å². The molecule has 7 nitrogen and oxygen atoms in total. The Bertz CT molecular complexity index is 981. The zero-order valence-corrected chi connectivity index (χ0v) is 14.7. The van der Waals surface area contributed by atoms with Crippen LogP contribution < -0.4 is 10.1 Å². The van der Waals surface area contributed by atoms with E-state index in [1.807, 2.05) is 0 Å². The molecule has 1 aromatic carbocycles. The summed E-state index contributed by atoms with van der Waals surface area (Å²) in [6, 6.07) is 7.88. The maximum atomic E-state index is 12.8. The highest BCUT2D eigenvalue weighted by molar-refractivity contribution is 5.92. The van der Waals surface area contributed by atoms with Crippen molar-refractivity contribution < 1.29 is 22.7 Å². The van der Waals surface area contributed by atoms with Crippen LogP contribution in [0.5, 0.6) is 11.6 Å². The topological polar surface area (TPSA) is 81.4 Å². The summed E-state index contributed by atoms with van der Waals surface area (Å²) < 4.78 is 45.1. The van der Waals surface area contributed by atoms with Crippen molar-refractivity contribution in [1.29, 1.82) is 0 Å². The third kappa shape index (κ3) is 4.15. The predicted molar refractivity (Wildman–Crippen MR) is 90.5 cm³/mol. The molecule has 0 spiro atoms. The van der Waals surface area contributed by atoms with Crippen LogP contribution in [0.25, 0.3) is 5.78 Å². The number of aryl methyl sites for hydroxylation is 1. The molecule has 27 heavy (non-hydrogen) atoms. The minimum absolute atomic E-state index is 0.0412. The standard InChI is InChI=1S/C17H16F3N5O2/c1-9(2)14(26)22-11-4-6-12(7-5-11)27-13-8-10(3)21-16-23-15(17(18,19)20)24-25(13)16/h4-9H,1-3H3,(H,22,26). The number of hydrogen-bond acceptors (Lipinski definition) is 5. The summed E-state index contributed by atoms with van der Waals surface area (Å²) in [6.07, 6.45) is -4.69. The number of aromatic nitrogens is 4. The molecule has 0 bridgehead atoms. The lowest BCUT2D eigenvalue weighted by molar-refractivity contribution is -0.144. The van der Waals surface area contributed by atoms with Gasteiger partial charge in [0.05, 0.1) is 0 Å². The molecule has 10 heteroatoms. The van der Waals surface area contributed by atoms with Crippen molar-refractivity contribution in [2.45, 2.75) is 26.9 Å². The molecular formula is C17H16F3N5O2. The molecule has 0 saturated carbocycles. The molecule has 0 radical (unpaired) electrons. The molecule has 0 saturated heterocycles. The van der Waals surface area contributed by atoms with Gasteiger partial charge in [-0.15, -0.1) is 5.10 Å². The Morgan fingerprint density at radius 2 is 1.85 bits per heavy atom. The van der Waals surface area contributed by atoms with E-state index >= 15 is 0 Å². The van der Waals surface area contributed by atoms with Crippen LogP contribution in [0.4, 0.5) is 18.9 Å². The third-order valence-corrected chi connectivity index (χ3v) is 3.53. The highest BCUT2D eigenvalue weighted by Crippen LogP contribution is 2.29. The van der Waals surface area contributed by atoms with Crippen molar-refractivity contribution in [1.82, 2.24) is 19.6 Å². The van der Waals surface area contributed by atoms with E-state index in [4.69, 9.17) is 4.74 Å². The number of fused-ring (bicyclic) bond motifs is 1. The smallest absolute Gasteiger partial charge is 0.439 e. The Morgan fingerprint density at radius 3 is 2.44 bits per heavy atom. The summed E-state index contributed by atoms with van der Waals surface area (Å²) in [4.78, 5) is 19.0. The molecule has 3 aromatic rings. The van der Waals surface area contributed by atoms with Gasteiger partial charge in [-0.1, -0.05) is 13.8 Å². The van der Waals surface area contributed by atoms with Crippen LogP contribution in [-0.4, -0.2) is 25.5 Å². The van der Waals surface area contributed by atoms with Crippen molar-refractivity contribution in [3.05, 3.63) is 41.9 Å². The van der Waals surface area contributed by atoms with E-state index < -0.39 is 12.0 Å². The number of carbonyl (C=O) groups is 1. The number of amides is 1. The molecule has 0 aliphatic carbocycles. The minimum Gasteiger partial charge on any atom is -0.439 e. The Kier molecular flexibility index (Phi) is 4.73. The highest BCUT2D eigenvalue weighted by Gasteiger charge is 2.37. The van der Waals surface area contributed by atoms with E-state index in [0.29, 0.717) is 17.1 Å². The number of halogens is 3. The van der Waals surface area contributed by atoms with E-state index in [1.54, 1.807) is 45.0 Å². The van der Waals surface area contributed by atoms with Gasteiger partial charge in [-0.05, 0) is 31.2 Å². The fourth-order valence-electron chi connectivity index (χ4n) is 2.16. The lowest BCUT2D eigenvalue weighted by atomic mass is 10.2. The summed E-state index contributed by atoms with van der Waals surface area (Å²) in [5, 5.41) is 6.17. The van der Waals surface area contributed by atoms with Crippen molar-refractivity contribution in [3.8, 4) is 11.6 Å². The van der Waals surface area contributed by atoms with Crippen LogP contribution in [-0.2, 0) is 11.0 Å².